The molecule has 1 rings (SSSR count). The average molecular weight is 237 g/mol. The Balaban J connectivity index is 2.16. The molecular formula is C12H19N3S. The van der Waals surface area contributed by atoms with Gasteiger partial charge in [0.05, 0.1) is 4.99 Å². The van der Waals surface area contributed by atoms with Crippen LogP contribution >= 0.6 is 12.2 Å². The Hall–Kier alpha value is -1.00. The van der Waals surface area contributed by atoms with Gasteiger partial charge in [0.1, 0.15) is 0 Å². The van der Waals surface area contributed by atoms with Crippen molar-refractivity contribution in [2.45, 2.75) is 25.8 Å². The fraction of sp³-hybridized carbons (Fsp3) is 0.500. The van der Waals surface area contributed by atoms with Gasteiger partial charge in [0.15, 0.2) is 0 Å². The summed E-state index contributed by atoms with van der Waals surface area (Å²) in [7, 11) is 2.12. The molecule has 16 heavy (non-hydrogen) atoms. The van der Waals surface area contributed by atoms with E-state index in [1.54, 1.807) is 6.20 Å². The van der Waals surface area contributed by atoms with Gasteiger partial charge in [0.25, 0.3) is 0 Å². The number of unbranched alkanes of at least 4 members (excludes halogenated alkanes) is 1. The van der Waals surface area contributed by atoms with E-state index < -0.39 is 0 Å². The van der Waals surface area contributed by atoms with Crippen LogP contribution in [0.1, 0.15) is 24.8 Å². The van der Waals surface area contributed by atoms with Gasteiger partial charge in [-0.3, -0.25) is 4.98 Å². The van der Waals surface area contributed by atoms with Gasteiger partial charge in [-0.25, -0.2) is 0 Å². The van der Waals surface area contributed by atoms with Crippen molar-refractivity contribution in [3.05, 3.63) is 30.1 Å². The van der Waals surface area contributed by atoms with Crippen LogP contribution in [-0.4, -0.2) is 28.5 Å². The van der Waals surface area contributed by atoms with Gasteiger partial charge in [-0.1, -0.05) is 18.3 Å². The molecule has 0 atom stereocenters. The number of hydrogen-bond donors (Lipinski definition) is 1. The predicted molar refractivity (Wildman–Crippen MR) is 71.2 cm³/mol. The molecule has 88 valence electrons. The summed E-state index contributed by atoms with van der Waals surface area (Å²) >= 11 is 4.84. The highest BCUT2D eigenvalue weighted by Gasteiger charge is 2.00. The lowest BCUT2D eigenvalue weighted by Crippen LogP contribution is -2.19. The van der Waals surface area contributed by atoms with Crippen molar-refractivity contribution in [2.75, 3.05) is 13.6 Å². The first-order chi connectivity index (χ1) is 7.68. The molecule has 4 heteroatoms. The summed E-state index contributed by atoms with van der Waals surface area (Å²) in [5.41, 5.74) is 6.69. The fourth-order valence-corrected chi connectivity index (χ4v) is 1.71. The number of thiocarbonyl (C=S) groups is 1. The van der Waals surface area contributed by atoms with Gasteiger partial charge < -0.3 is 10.6 Å². The third kappa shape index (κ3) is 5.78. The Kier molecular flexibility index (Phi) is 5.96. The van der Waals surface area contributed by atoms with Crippen LogP contribution in [0.15, 0.2) is 24.5 Å². The zero-order valence-electron chi connectivity index (χ0n) is 9.72. The van der Waals surface area contributed by atoms with E-state index in [1.165, 1.54) is 5.56 Å². The van der Waals surface area contributed by atoms with Crippen LogP contribution in [0, 0.1) is 0 Å². The maximum absolute atomic E-state index is 5.44. The summed E-state index contributed by atoms with van der Waals surface area (Å²) in [6, 6.07) is 4.06. The van der Waals surface area contributed by atoms with Crippen LogP contribution in [0.3, 0.4) is 0 Å². The number of rotatable bonds is 7. The standard InChI is InChI=1S/C12H19N3S/c1-15(8-3-2-6-12(13)16)10-11-5-4-7-14-9-11/h4-5,7,9H,2-3,6,8,10H2,1H3,(H2,13,16). The van der Waals surface area contributed by atoms with Crippen LogP contribution in [0.2, 0.25) is 0 Å². The highest BCUT2D eigenvalue weighted by molar-refractivity contribution is 7.80. The van der Waals surface area contributed by atoms with Gasteiger partial charge in [-0.2, -0.15) is 0 Å². The lowest BCUT2D eigenvalue weighted by molar-refractivity contribution is 0.319. The lowest BCUT2D eigenvalue weighted by atomic mass is 10.2. The largest absolute Gasteiger partial charge is 0.393 e. The Morgan fingerprint density at radius 1 is 1.50 bits per heavy atom. The van der Waals surface area contributed by atoms with Crippen molar-refractivity contribution in [3.63, 3.8) is 0 Å². The van der Waals surface area contributed by atoms with Crippen molar-refractivity contribution in [1.82, 2.24) is 9.88 Å². The molecule has 0 aliphatic heterocycles. The second-order valence-corrected chi connectivity index (χ2v) is 4.55. The molecule has 0 aromatic carbocycles. The second-order valence-electron chi connectivity index (χ2n) is 4.02. The molecule has 0 saturated carbocycles. The maximum atomic E-state index is 5.44. The maximum Gasteiger partial charge on any atom is 0.0727 e. The minimum Gasteiger partial charge on any atom is -0.393 e. The number of nitrogens with two attached hydrogens (primary N) is 1. The summed E-state index contributed by atoms with van der Waals surface area (Å²) in [6.45, 7) is 2.01. The Morgan fingerprint density at radius 3 is 2.94 bits per heavy atom. The number of aromatic nitrogens is 1. The normalized spacial score (nSPS) is 10.6. The zero-order valence-corrected chi connectivity index (χ0v) is 10.5. The van der Waals surface area contributed by atoms with Gasteiger partial charge in [-0.05, 0) is 44.5 Å². The summed E-state index contributed by atoms with van der Waals surface area (Å²) in [5, 5.41) is 0. The van der Waals surface area contributed by atoms with E-state index in [2.05, 4.69) is 23.0 Å². The Morgan fingerprint density at radius 2 is 2.31 bits per heavy atom. The molecule has 0 fully saturated rings. The van der Waals surface area contributed by atoms with E-state index in [9.17, 15) is 0 Å². The van der Waals surface area contributed by atoms with Gasteiger partial charge in [0.2, 0.25) is 0 Å². The molecule has 3 nitrogen and oxygen atoms in total. The highest BCUT2D eigenvalue weighted by Crippen LogP contribution is 2.03. The fourth-order valence-electron chi connectivity index (χ4n) is 1.56. The molecule has 0 aliphatic rings. The Bertz CT molecular complexity index is 313. The number of pyridine rings is 1. The highest BCUT2D eigenvalue weighted by atomic mass is 32.1. The topological polar surface area (TPSA) is 42.1 Å². The van der Waals surface area contributed by atoms with Crippen molar-refractivity contribution in [1.29, 1.82) is 0 Å². The van der Waals surface area contributed by atoms with E-state index >= 15 is 0 Å². The van der Waals surface area contributed by atoms with Crippen LogP contribution < -0.4 is 5.73 Å². The van der Waals surface area contributed by atoms with Crippen molar-refractivity contribution in [2.24, 2.45) is 5.73 Å². The molecule has 1 heterocycles. The molecular weight excluding hydrogens is 218 g/mol. The molecule has 0 bridgehead atoms. The summed E-state index contributed by atoms with van der Waals surface area (Å²) < 4.78 is 0. The Labute approximate surface area is 103 Å². The number of hydrogen-bond acceptors (Lipinski definition) is 3. The van der Waals surface area contributed by atoms with Crippen molar-refractivity contribution in [3.8, 4) is 0 Å². The van der Waals surface area contributed by atoms with Crippen LogP contribution in [-0.2, 0) is 6.54 Å². The summed E-state index contributed by atoms with van der Waals surface area (Å²) in [4.78, 5) is 7.01. The second kappa shape index (κ2) is 7.30. The molecule has 2 N–H and O–H groups in total. The predicted octanol–water partition coefficient (Wildman–Crippen LogP) is 1.97. The molecule has 0 unspecified atom stereocenters. The first-order valence-corrected chi connectivity index (χ1v) is 5.95. The van der Waals surface area contributed by atoms with E-state index in [-0.39, 0.29) is 0 Å². The molecule has 1 aromatic heterocycles. The van der Waals surface area contributed by atoms with Gasteiger partial charge >= 0.3 is 0 Å². The van der Waals surface area contributed by atoms with Gasteiger partial charge in [-0.15, -0.1) is 0 Å². The smallest absolute Gasteiger partial charge is 0.0727 e. The van der Waals surface area contributed by atoms with E-state index in [0.717, 1.165) is 32.4 Å². The van der Waals surface area contributed by atoms with Crippen LogP contribution in [0.4, 0.5) is 0 Å². The first-order valence-electron chi connectivity index (χ1n) is 5.54. The SMILES string of the molecule is CN(CCCCC(N)=S)Cc1cccnc1. The molecule has 1 aromatic rings. The van der Waals surface area contributed by atoms with E-state index in [0.29, 0.717) is 4.99 Å². The third-order valence-corrected chi connectivity index (χ3v) is 2.59. The van der Waals surface area contributed by atoms with E-state index in [1.807, 2.05) is 12.3 Å². The molecule has 0 aliphatic carbocycles. The molecule has 0 spiro atoms. The first kappa shape index (κ1) is 13.1. The van der Waals surface area contributed by atoms with Crippen molar-refractivity contribution >= 4 is 17.2 Å². The van der Waals surface area contributed by atoms with Gasteiger partial charge in [0, 0.05) is 18.9 Å². The summed E-state index contributed by atoms with van der Waals surface area (Å²) in [6.07, 6.45) is 6.77. The monoisotopic (exact) mass is 237 g/mol. The summed E-state index contributed by atoms with van der Waals surface area (Å²) in [5.74, 6) is 0. The third-order valence-electron chi connectivity index (χ3n) is 2.39. The quantitative estimate of drug-likeness (QED) is 0.581. The van der Waals surface area contributed by atoms with Crippen LogP contribution in [0.25, 0.3) is 0 Å². The molecule has 0 radical (unpaired) electrons. The molecule has 0 amide bonds. The molecule has 0 saturated heterocycles. The minimum absolute atomic E-state index is 0.620. The average Bonchev–Trinajstić information content (AvgIpc) is 2.25. The lowest BCUT2D eigenvalue weighted by Gasteiger charge is -2.16. The minimum atomic E-state index is 0.620. The van der Waals surface area contributed by atoms with Crippen molar-refractivity contribution < 1.29 is 0 Å². The van der Waals surface area contributed by atoms with E-state index in [4.69, 9.17) is 18.0 Å². The number of nitrogens with zero attached hydrogens (tertiary/aromatic N) is 2. The zero-order chi connectivity index (χ0) is 11.8. The van der Waals surface area contributed by atoms with Crippen LogP contribution in [0.5, 0.6) is 0 Å².